The van der Waals surface area contributed by atoms with Crippen LogP contribution in [0.1, 0.15) is 30.9 Å². The number of benzene rings is 1. The van der Waals surface area contributed by atoms with Crippen LogP contribution in [0.25, 0.3) is 0 Å². The number of aromatic nitrogens is 1. The zero-order chi connectivity index (χ0) is 15.4. The van der Waals surface area contributed by atoms with Gasteiger partial charge in [-0.1, -0.05) is 30.3 Å². The zero-order valence-electron chi connectivity index (χ0n) is 13.4. The first-order valence-corrected chi connectivity index (χ1v) is 8.30. The minimum atomic E-state index is -0.158. The largest absolute Gasteiger partial charge is 0.393 e. The second-order valence-corrected chi connectivity index (χ2v) is 6.53. The molecule has 22 heavy (non-hydrogen) atoms. The van der Waals surface area contributed by atoms with Crippen LogP contribution in [0.2, 0.25) is 0 Å². The van der Waals surface area contributed by atoms with Gasteiger partial charge in [0.15, 0.2) is 0 Å². The lowest BCUT2D eigenvalue weighted by molar-refractivity contribution is 0.0695. The first-order chi connectivity index (χ1) is 10.7. The molecule has 0 aliphatic carbocycles. The number of rotatable bonds is 5. The molecule has 1 N–H and O–H groups in total. The van der Waals surface area contributed by atoms with Crippen LogP contribution in [-0.4, -0.2) is 33.8 Å². The number of hydrogen-bond donors (Lipinski definition) is 1. The van der Waals surface area contributed by atoms with Gasteiger partial charge in [0.1, 0.15) is 0 Å². The van der Waals surface area contributed by atoms with Crippen LogP contribution in [-0.2, 0) is 13.1 Å². The van der Waals surface area contributed by atoms with Crippen LogP contribution in [0, 0.1) is 5.92 Å². The molecule has 1 unspecified atom stereocenters. The molecule has 0 radical (unpaired) electrons. The Kier molecular flexibility index (Phi) is 4.96. The van der Waals surface area contributed by atoms with Crippen molar-refractivity contribution in [1.29, 1.82) is 0 Å². The van der Waals surface area contributed by atoms with Crippen LogP contribution in [0.4, 0.5) is 0 Å². The first kappa shape index (κ1) is 15.3. The summed E-state index contributed by atoms with van der Waals surface area (Å²) in [4.78, 5) is 2.50. The van der Waals surface area contributed by atoms with E-state index in [4.69, 9.17) is 0 Å². The highest BCUT2D eigenvalue weighted by atomic mass is 16.3. The van der Waals surface area contributed by atoms with Crippen molar-refractivity contribution in [2.45, 2.75) is 39.0 Å². The molecular weight excluding hydrogens is 272 g/mol. The Morgan fingerprint density at radius 3 is 2.45 bits per heavy atom. The Bertz CT molecular complexity index is 568. The Hall–Kier alpha value is -1.58. The van der Waals surface area contributed by atoms with E-state index in [1.807, 2.05) is 6.92 Å². The Morgan fingerprint density at radius 2 is 1.77 bits per heavy atom. The maximum absolute atomic E-state index is 9.67. The van der Waals surface area contributed by atoms with Gasteiger partial charge in [-0.25, -0.2) is 0 Å². The van der Waals surface area contributed by atoms with Crippen molar-refractivity contribution in [3.05, 3.63) is 59.9 Å². The summed E-state index contributed by atoms with van der Waals surface area (Å²) in [7, 11) is 0. The highest BCUT2D eigenvalue weighted by molar-refractivity contribution is 5.17. The zero-order valence-corrected chi connectivity index (χ0v) is 13.4. The monoisotopic (exact) mass is 298 g/mol. The summed E-state index contributed by atoms with van der Waals surface area (Å²) in [5.74, 6) is 0.485. The fourth-order valence-corrected chi connectivity index (χ4v) is 3.33. The lowest BCUT2D eigenvalue weighted by Crippen LogP contribution is -2.36. The minimum Gasteiger partial charge on any atom is -0.393 e. The van der Waals surface area contributed by atoms with E-state index in [0.717, 1.165) is 39.0 Å². The Morgan fingerprint density at radius 1 is 1.05 bits per heavy atom. The van der Waals surface area contributed by atoms with Gasteiger partial charge in [-0.15, -0.1) is 0 Å². The molecular formula is C19H26N2O. The van der Waals surface area contributed by atoms with Crippen LogP contribution in [0.5, 0.6) is 0 Å². The van der Waals surface area contributed by atoms with Crippen LogP contribution in [0.3, 0.4) is 0 Å². The van der Waals surface area contributed by atoms with Crippen molar-refractivity contribution in [2.75, 3.05) is 13.1 Å². The molecule has 1 saturated heterocycles. The van der Waals surface area contributed by atoms with Gasteiger partial charge in [-0.2, -0.15) is 0 Å². The lowest BCUT2D eigenvalue weighted by Gasteiger charge is -2.33. The third-order valence-corrected chi connectivity index (χ3v) is 4.74. The topological polar surface area (TPSA) is 28.4 Å². The van der Waals surface area contributed by atoms with Gasteiger partial charge >= 0.3 is 0 Å². The van der Waals surface area contributed by atoms with Crippen LogP contribution in [0.15, 0.2) is 48.8 Å². The van der Waals surface area contributed by atoms with E-state index in [-0.39, 0.29) is 6.10 Å². The van der Waals surface area contributed by atoms with Crippen molar-refractivity contribution >= 4 is 0 Å². The molecule has 0 amide bonds. The van der Waals surface area contributed by atoms with E-state index in [1.54, 1.807) is 0 Å². The van der Waals surface area contributed by atoms with Crippen LogP contribution < -0.4 is 0 Å². The summed E-state index contributed by atoms with van der Waals surface area (Å²) in [5.41, 5.74) is 2.72. The molecule has 1 aliphatic heterocycles. The number of hydrogen-bond acceptors (Lipinski definition) is 2. The van der Waals surface area contributed by atoms with Crippen molar-refractivity contribution in [2.24, 2.45) is 5.92 Å². The molecule has 1 aromatic carbocycles. The molecule has 0 saturated carbocycles. The number of aliphatic hydroxyl groups excluding tert-OH is 1. The number of aliphatic hydroxyl groups is 1. The predicted molar refractivity (Wildman–Crippen MR) is 89.7 cm³/mol. The average molecular weight is 298 g/mol. The number of likely N-dealkylation sites (tertiary alicyclic amines) is 1. The fourth-order valence-electron chi connectivity index (χ4n) is 3.33. The minimum absolute atomic E-state index is 0.158. The molecule has 1 atom stereocenters. The van der Waals surface area contributed by atoms with Gasteiger partial charge in [0, 0.05) is 25.5 Å². The van der Waals surface area contributed by atoms with E-state index in [9.17, 15) is 5.11 Å². The van der Waals surface area contributed by atoms with Gasteiger partial charge in [0.05, 0.1) is 6.10 Å². The molecule has 1 fully saturated rings. The van der Waals surface area contributed by atoms with Crippen molar-refractivity contribution in [1.82, 2.24) is 9.47 Å². The van der Waals surface area contributed by atoms with Crippen molar-refractivity contribution in [3.63, 3.8) is 0 Å². The molecule has 1 aromatic heterocycles. The van der Waals surface area contributed by atoms with Gasteiger partial charge in [-0.05, 0) is 56.0 Å². The third-order valence-electron chi connectivity index (χ3n) is 4.74. The molecule has 2 heterocycles. The summed E-state index contributed by atoms with van der Waals surface area (Å²) in [6.45, 7) is 6.07. The molecule has 3 nitrogen and oxygen atoms in total. The lowest BCUT2D eigenvalue weighted by atomic mass is 9.92. The Balaban J connectivity index is 1.52. The van der Waals surface area contributed by atoms with Crippen molar-refractivity contribution < 1.29 is 5.11 Å². The highest BCUT2D eigenvalue weighted by Crippen LogP contribution is 2.22. The summed E-state index contributed by atoms with van der Waals surface area (Å²) in [6.07, 6.45) is 6.50. The first-order valence-electron chi connectivity index (χ1n) is 8.30. The maximum Gasteiger partial charge on any atom is 0.0541 e. The normalized spacial score (nSPS) is 18.5. The quantitative estimate of drug-likeness (QED) is 0.918. The smallest absolute Gasteiger partial charge is 0.0541 e. The number of nitrogens with zero attached hydrogens (tertiary/aromatic N) is 2. The number of piperidine rings is 1. The summed E-state index contributed by atoms with van der Waals surface area (Å²) >= 11 is 0. The van der Waals surface area contributed by atoms with Gasteiger partial charge in [-0.3, -0.25) is 4.90 Å². The van der Waals surface area contributed by atoms with Gasteiger partial charge in [0.2, 0.25) is 0 Å². The second kappa shape index (κ2) is 7.12. The summed E-state index contributed by atoms with van der Waals surface area (Å²) < 4.78 is 2.26. The van der Waals surface area contributed by atoms with Gasteiger partial charge in [0.25, 0.3) is 0 Å². The molecule has 0 bridgehead atoms. The summed E-state index contributed by atoms with van der Waals surface area (Å²) in [6, 6.07) is 12.8. The van der Waals surface area contributed by atoms with Crippen molar-refractivity contribution in [3.8, 4) is 0 Å². The van der Waals surface area contributed by atoms with E-state index >= 15 is 0 Å². The highest BCUT2D eigenvalue weighted by Gasteiger charge is 2.22. The van der Waals surface area contributed by atoms with E-state index < -0.39 is 0 Å². The van der Waals surface area contributed by atoms with E-state index in [1.165, 1.54) is 11.1 Å². The summed E-state index contributed by atoms with van der Waals surface area (Å²) in [5, 5.41) is 9.67. The average Bonchev–Trinajstić information content (AvgIpc) is 2.96. The molecule has 3 heteroatoms. The predicted octanol–water partition coefficient (Wildman–Crippen LogP) is 3.13. The standard InChI is InChI=1S/C19H26N2O/c1-16(22)19-8-11-20(12-9-19)14-18-7-10-21(15-18)13-17-5-3-2-4-6-17/h2-7,10,15-16,19,22H,8-9,11-14H2,1H3. The van der Waals surface area contributed by atoms with E-state index in [2.05, 4.69) is 58.3 Å². The second-order valence-electron chi connectivity index (χ2n) is 6.53. The van der Waals surface area contributed by atoms with Crippen LogP contribution >= 0.6 is 0 Å². The molecule has 2 aromatic rings. The maximum atomic E-state index is 9.67. The SMILES string of the molecule is CC(O)C1CCN(Cc2ccn(Cc3ccccc3)c2)CC1. The molecule has 1 aliphatic rings. The molecule has 118 valence electrons. The molecule has 0 spiro atoms. The van der Waals surface area contributed by atoms with Gasteiger partial charge < -0.3 is 9.67 Å². The fraction of sp³-hybridized carbons (Fsp3) is 0.474. The van der Waals surface area contributed by atoms with E-state index in [0.29, 0.717) is 5.92 Å². The molecule has 3 rings (SSSR count). The Labute approximate surface area is 133 Å². The third kappa shape index (κ3) is 3.99.